The monoisotopic (exact) mass is 506 g/mol. The molecule has 1 aromatic carbocycles. The third-order valence-electron chi connectivity index (χ3n) is 6.51. The number of nitrogens with zero attached hydrogens (tertiary/aromatic N) is 5. The number of aliphatic hydroxyl groups excluding tert-OH is 2. The highest BCUT2D eigenvalue weighted by molar-refractivity contribution is 7.99. The summed E-state index contributed by atoms with van der Waals surface area (Å²) in [5, 5.41) is 33.3. The predicted octanol–water partition coefficient (Wildman–Crippen LogP) is 3.04. The maximum atomic E-state index is 13.8. The van der Waals surface area contributed by atoms with Crippen molar-refractivity contribution in [3.05, 3.63) is 35.4 Å². The zero-order valence-corrected chi connectivity index (χ0v) is 20.3. The van der Waals surface area contributed by atoms with E-state index >= 15 is 0 Å². The molecule has 2 fully saturated rings. The van der Waals surface area contributed by atoms with Gasteiger partial charge in [0.15, 0.2) is 33.8 Å². The summed E-state index contributed by atoms with van der Waals surface area (Å²) in [4.78, 5) is 9.31. The minimum absolute atomic E-state index is 0.0214. The summed E-state index contributed by atoms with van der Waals surface area (Å²) >= 11 is 1.50. The van der Waals surface area contributed by atoms with Gasteiger partial charge in [-0.3, -0.25) is 0 Å². The van der Waals surface area contributed by atoms with Gasteiger partial charge in [0.05, 0.1) is 18.2 Å². The number of thioether (sulfide) groups is 1. The average Bonchev–Trinajstić information content (AvgIpc) is 3.45. The zero-order valence-electron chi connectivity index (χ0n) is 19.4. The van der Waals surface area contributed by atoms with Gasteiger partial charge in [0, 0.05) is 18.3 Å². The molecule has 2 aliphatic carbocycles. The molecular formula is C23H28F2N6O3S. The normalized spacial score (nSPS) is 28.1. The van der Waals surface area contributed by atoms with E-state index in [2.05, 4.69) is 32.5 Å². The first-order valence-electron chi connectivity index (χ1n) is 11.9. The molecule has 1 unspecified atom stereocenters. The van der Waals surface area contributed by atoms with Crippen LogP contribution in [0.5, 0.6) is 0 Å². The minimum Gasteiger partial charge on any atom is -0.388 e. The van der Waals surface area contributed by atoms with Crippen molar-refractivity contribution in [2.24, 2.45) is 0 Å². The summed E-state index contributed by atoms with van der Waals surface area (Å²) in [5.41, 5.74) is 1.68. The molecule has 3 aromatic rings. The second-order valence-corrected chi connectivity index (χ2v) is 10.0. The Morgan fingerprint density at radius 2 is 1.97 bits per heavy atom. The molecule has 2 aromatic heterocycles. The second kappa shape index (κ2) is 9.92. The summed E-state index contributed by atoms with van der Waals surface area (Å²) < 4.78 is 34.4. The van der Waals surface area contributed by atoms with Gasteiger partial charge in [0.2, 0.25) is 0 Å². The zero-order chi connectivity index (χ0) is 24.7. The lowest BCUT2D eigenvalue weighted by Gasteiger charge is -2.18. The molecule has 0 amide bonds. The molecule has 5 rings (SSSR count). The van der Waals surface area contributed by atoms with Crippen LogP contribution in [0.2, 0.25) is 0 Å². The number of anilines is 1. The Balaban J connectivity index is 1.45. The Labute approximate surface area is 205 Å². The van der Waals surface area contributed by atoms with Gasteiger partial charge in [-0.25, -0.2) is 23.4 Å². The average molecular weight is 507 g/mol. The van der Waals surface area contributed by atoms with Crippen molar-refractivity contribution in [2.75, 3.05) is 17.7 Å². The molecule has 0 radical (unpaired) electrons. The van der Waals surface area contributed by atoms with Gasteiger partial charge in [0.25, 0.3) is 0 Å². The number of rotatable bonds is 9. The van der Waals surface area contributed by atoms with E-state index in [1.54, 1.807) is 10.7 Å². The maximum Gasteiger partial charge on any atom is 0.191 e. The molecule has 2 heterocycles. The number of aromatic nitrogens is 5. The number of hydrogen-bond acceptors (Lipinski definition) is 9. The van der Waals surface area contributed by atoms with Crippen LogP contribution >= 0.6 is 11.8 Å². The largest absolute Gasteiger partial charge is 0.388 e. The van der Waals surface area contributed by atoms with Gasteiger partial charge in [-0.2, -0.15) is 0 Å². The van der Waals surface area contributed by atoms with Gasteiger partial charge in [-0.15, -0.1) is 5.10 Å². The number of hydrogen-bond donors (Lipinski definition) is 3. The molecule has 2 aliphatic rings. The molecule has 6 atom stereocenters. The smallest absolute Gasteiger partial charge is 0.191 e. The van der Waals surface area contributed by atoms with Crippen molar-refractivity contribution in [1.82, 2.24) is 25.0 Å². The maximum absolute atomic E-state index is 13.8. The topological polar surface area (TPSA) is 118 Å². The second-order valence-electron chi connectivity index (χ2n) is 8.95. The number of fused-ring (bicyclic) bond motifs is 1. The van der Waals surface area contributed by atoms with Gasteiger partial charge >= 0.3 is 0 Å². The van der Waals surface area contributed by atoms with E-state index in [1.807, 2.05) is 6.92 Å². The van der Waals surface area contributed by atoms with Crippen LogP contribution in [-0.4, -0.2) is 71.9 Å². The molecule has 188 valence electrons. The van der Waals surface area contributed by atoms with Crippen molar-refractivity contribution in [3.8, 4) is 0 Å². The fraction of sp³-hybridized carbons (Fsp3) is 0.565. The Hall–Kier alpha value is -2.41. The molecule has 2 saturated carbocycles. The number of aliphatic hydroxyl groups is 2. The highest BCUT2D eigenvalue weighted by atomic mass is 32.2. The Kier molecular flexibility index (Phi) is 6.88. The van der Waals surface area contributed by atoms with E-state index < -0.39 is 36.0 Å². The summed E-state index contributed by atoms with van der Waals surface area (Å²) in [6.45, 7) is 4.34. The van der Waals surface area contributed by atoms with E-state index in [9.17, 15) is 19.0 Å². The third kappa shape index (κ3) is 4.72. The highest BCUT2D eigenvalue weighted by Gasteiger charge is 2.44. The third-order valence-corrected chi connectivity index (χ3v) is 7.57. The summed E-state index contributed by atoms with van der Waals surface area (Å²) in [6.07, 6.45) is -0.447. The Bertz CT molecular complexity index is 1210. The van der Waals surface area contributed by atoms with E-state index in [0.717, 1.165) is 18.2 Å². The number of halogens is 2. The van der Waals surface area contributed by atoms with E-state index in [0.29, 0.717) is 47.2 Å². The Morgan fingerprint density at radius 1 is 1.14 bits per heavy atom. The first-order valence-corrected chi connectivity index (χ1v) is 12.8. The lowest BCUT2D eigenvalue weighted by atomic mass is 10.1. The summed E-state index contributed by atoms with van der Waals surface area (Å²) in [7, 11) is 0. The lowest BCUT2D eigenvalue weighted by Crippen LogP contribution is -2.36. The van der Waals surface area contributed by atoms with Crippen molar-refractivity contribution in [2.45, 2.75) is 74.6 Å². The molecule has 12 heteroatoms. The van der Waals surface area contributed by atoms with Gasteiger partial charge in [-0.05, 0) is 43.9 Å². The van der Waals surface area contributed by atoms with Crippen molar-refractivity contribution < 1.29 is 23.7 Å². The SMILES string of the molecule is CCCSc1nc(N[C@@H]2C[C@H](OCC)[C@@H](O)[C@H]2O)c2nnn(C3C[C@H]3c3ccc(F)c(F)c3)c2n1. The first-order chi connectivity index (χ1) is 16.9. The predicted molar refractivity (Wildman–Crippen MR) is 126 cm³/mol. The van der Waals surface area contributed by atoms with Crippen LogP contribution < -0.4 is 5.32 Å². The molecule has 3 N–H and O–H groups in total. The standard InChI is InChI=1S/C23H28F2N6O3S/c1-3-7-35-23-27-21(26-15-10-17(34-4-2)20(33)19(15)32)18-22(28-23)31(30-29-18)16-9-12(16)11-5-6-13(24)14(25)8-11/h5-6,8,12,15-17,19-20,32-33H,3-4,7,9-10H2,1-2H3,(H,26,27,28)/t12-,15+,16?,17-,19-,20+/m0/s1. The van der Waals surface area contributed by atoms with Crippen molar-refractivity contribution in [3.63, 3.8) is 0 Å². The summed E-state index contributed by atoms with van der Waals surface area (Å²) in [5.74, 6) is -0.509. The van der Waals surface area contributed by atoms with E-state index in [4.69, 9.17) is 4.74 Å². The molecule has 35 heavy (non-hydrogen) atoms. The summed E-state index contributed by atoms with van der Waals surface area (Å²) in [6, 6.07) is 3.39. The Morgan fingerprint density at radius 3 is 2.71 bits per heavy atom. The van der Waals surface area contributed by atoms with Crippen LogP contribution in [-0.2, 0) is 4.74 Å². The van der Waals surface area contributed by atoms with Gasteiger partial charge in [-0.1, -0.05) is 30.0 Å². The van der Waals surface area contributed by atoms with Gasteiger partial charge in [0.1, 0.15) is 12.2 Å². The van der Waals surface area contributed by atoms with Crippen LogP contribution in [0.4, 0.5) is 14.6 Å². The molecule has 0 saturated heterocycles. The molecular weight excluding hydrogens is 478 g/mol. The lowest BCUT2D eigenvalue weighted by molar-refractivity contribution is -0.0510. The van der Waals surface area contributed by atoms with Crippen LogP contribution in [0.25, 0.3) is 11.2 Å². The van der Waals surface area contributed by atoms with Crippen LogP contribution in [0.15, 0.2) is 23.4 Å². The van der Waals surface area contributed by atoms with Crippen molar-refractivity contribution in [1.29, 1.82) is 0 Å². The van der Waals surface area contributed by atoms with E-state index in [-0.39, 0.29) is 12.0 Å². The first kappa shape index (κ1) is 24.3. The molecule has 0 spiro atoms. The number of ether oxygens (including phenoxy) is 1. The molecule has 0 bridgehead atoms. The number of nitrogens with one attached hydrogen (secondary N) is 1. The minimum atomic E-state index is -1.03. The van der Waals surface area contributed by atoms with Gasteiger partial charge < -0.3 is 20.3 Å². The van der Waals surface area contributed by atoms with Crippen LogP contribution in [0, 0.1) is 11.6 Å². The number of benzene rings is 1. The molecule has 9 nitrogen and oxygen atoms in total. The fourth-order valence-electron chi connectivity index (χ4n) is 4.63. The molecule has 0 aliphatic heterocycles. The fourth-order valence-corrected chi connectivity index (χ4v) is 5.33. The van der Waals surface area contributed by atoms with E-state index in [1.165, 1.54) is 17.8 Å². The van der Waals surface area contributed by atoms with Crippen LogP contribution in [0.3, 0.4) is 0 Å². The van der Waals surface area contributed by atoms with Crippen molar-refractivity contribution >= 4 is 28.7 Å². The van der Waals surface area contributed by atoms with Crippen LogP contribution in [0.1, 0.15) is 50.6 Å². The highest BCUT2D eigenvalue weighted by Crippen LogP contribution is 2.52. The quantitative estimate of drug-likeness (QED) is 0.297.